The molecular formula is C20H20F2N8O. The normalized spacial score (nSPS) is 11.0. The zero-order valence-electron chi connectivity index (χ0n) is 16.6. The number of hydrogen-bond donors (Lipinski definition) is 3. The number of aliphatic hydroxyl groups excluding tert-OH is 1. The molecule has 0 atom stereocenters. The molecule has 0 aliphatic heterocycles. The summed E-state index contributed by atoms with van der Waals surface area (Å²) in [7, 11) is 1.78. The van der Waals surface area contributed by atoms with Crippen LogP contribution >= 0.6 is 0 Å². The van der Waals surface area contributed by atoms with Crippen LogP contribution in [0.3, 0.4) is 0 Å². The molecule has 11 heteroatoms. The maximum absolute atomic E-state index is 14.2. The molecule has 4 rings (SSSR count). The second-order valence-corrected chi connectivity index (χ2v) is 6.79. The van der Waals surface area contributed by atoms with E-state index in [0.717, 1.165) is 11.8 Å². The quantitative estimate of drug-likeness (QED) is 0.398. The molecule has 0 spiro atoms. The first-order valence-electron chi connectivity index (χ1n) is 9.46. The van der Waals surface area contributed by atoms with Crippen LogP contribution < -0.4 is 10.6 Å². The lowest BCUT2D eigenvalue weighted by molar-refractivity contribution is 0.277. The van der Waals surface area contributed by atoms with E-state index in [1.54, 1.807) is 47.2 Å². The molecule has 9 nitrogen and oxygen atoms in total. The third kappa shape index (κ3) is 4.83. The van der Waals surface area contributed by atoms with Crippen LogP contribution in [0.2, 0.25) is 0 Å². The van der Waals surface area contributed by atoms with Gasteiger partial charge >= 0.3 is 0 Å². The fourth-order valence-corrected chi connectivity index (χ4v) is 3.05. The molecule has 3 heterocycles. The van der Waals surface area contributed by atoms with Crippen LogP contribution in [0.25, 0.3) is 11.1 Å². The van der Waals surface area contributed by atoms with Crippen molar-refractivity contribution >= 4 is 17.7 Å². The van der Waals surface area contributed by atoms with Crippen LogP contribution in [-0.4, -0.2) is 41.0 Å². The summed E-state index contributed by atoms with van der Waals surface area (Å²) in [5.41, 5.74) is 2.07. The highest BCUT2D eigenvalue weighted by Gasteiger charge is 2.11. The maximum Gasteiger partial charge on any atom is 0.231 e. The summed E-state index contributed by atoms with van der Waals surface area (Å²) in [4.78, 5) is 12.2. The standard InChI is InChI=1S/C20H20F2N8O/c1-29-12-15(10-26-29)14-6-13(7-16(21)8-14)9-24-18-17(22)11-25-19(27-18)28-20-23-2-3-30(20)4-5-31/h2-3,6-8,10-12,31H,4-5,9H2,1H3,(H2,23,24,25,27,28). The van der Waals surface area contributed by atoms with E-state index < -0.39 is 11.6 Å². The van der Waals surface area contributed by atoms with Crippen LogP contribution in [0, 0.1) is 11.6 Å². The Balaban J connectivity index is 1.50. The van der Waals surface area contributed by atoms with Crippen LogP contribution in [0.15, 0.2) is 49.2 Å². The highest BCUT2D eigenvalue weighted by Crippen LogP contribution is 2.23. The van der Waals surface area contributed by atoms with Gasteiger partial charge in [0.15, 0.2) is 11.6 Å². The number of rotatable bonds is 8. The summed E-state index contributed by atoms with van der Waals surface area (Å²) in [5.74, 6) is -0.542. The topological polar surface area (TPSA) is 106 Å². The second-order valence-electron chi connectivity index (χ2n) is 6.79. The molecule has 1 aromatic carbocycles. The van der Waals surface area contributed by atoms with E-state index in [2.05, 4.69) is 30.7 Å². The molecule has 160 valence electrons. The fraction of sp³-hybridized carbons (Fsp3) is 0.200. The number of hydrogen-bond acceptors (Lipinski definition) is 7. The van der Waals surface area contributed by atoms with E-state index in [1.807, 2.05) is 0 Å². The summed E-state index contributed by atoms with van der Waals surface area (Å²) >= 11 is 0. The first kappa shape index (κ1) is 20.4. The Bertz CT molecular complexity index is 1190. The highest BCUT2D eigenvalue weighted by atomic mass is 19.1. The number of halogens is 2. The van der Waals surface area contributed by atoms with Gasteiger partial charge in [-0.05, 0) is 29.3 Å². The number of imidazole rings is 1. The Labute approximate surface area is 176 Å². The van der Waals surface area contributed by atoms with Gasteiger partial charge in [0, 0.05) is 44.3 Å². The van der Waals surface area contributed by atoms with E-state index >= 15 is 0 Å². The van der Waals surface area contributed by atoms with Gasteiger partial charge in [0.2, 0.25) is 11.9 Å². The Morgan fingerprint density at radius 3 is 2.74 bits per heavy atom. The Hall–Kier alpha value is -3.86. The largest absolute Gasteiger partial charge is 0.395 e. The first-order valence-corrected chi connectivity index (χ1v) is 9.46. The molecule has 0 bridgehead atoms. The van der Waals surface area contributed by atoms with E-state index in [0.29, 0.717) is 23.6 Å². The second kappa shape index (κ2) is 8.88. The molecule has 0 amide bonds. The van der Waals surface area contributed by atoms with Gasteiger partial charge < -0.3 is 15.0 Å². The lowest BCUT2D eigenvalue weighted by Gasteiger charge is -2.11. The van der Waals surface area contributed by atoms with E-state index in [1.165, 1.54) is 12.1 Å². The van der Waals surface area contributed by atoms with Gasteiger partial charge in [-0.25, -0.2) is 18.7 Å². The summed E-state index contributed by atoms with van der Waals surface area (Å²) in [5, 5.41) is 19.0. The zero-order chi connectivity index (χ0) is 21.8. The maximum atomic E-state index is 14.2. The zero-order valence-corrected chi connectivity index (χ0v) is 16.6. The van der Waals surface area contributed by atoms with Gasteiger partial charge in [-0.2, -0.15) is 10.1 Å². The number of aliphatic hydroxyl groups is 1. The van der Waals surface area contributed by atoms with E-state index in [9.17, 15) is 8.78 Å². The highest BCUT2D eigenvalue weighted by molar-refractivity contribution is 5.63. The summed E-state index contributed by atoms with van der Waals surface area (Å²) < 4.78 is 31.6. The van der Waals surface area contributed by atoms with Crippen molar-refractivity contribution < 1.29 is 13.9 Å². The van der Waals surface area contributed by atoms with Crippen molar-refractivity contribution in [1.29, 1.82) is 0 Å². The predicted molar refractivity (Wildman–Crippen MR) is 111 cm³/mol. The summed E-state index contributed by atoms with van der Waals surface area (Å²) in [6, 6.07) is 4.59. The van der Waals surface area contributed by atoms with Gasteiger partial charge in [-0.1, -0.05) is 0 Å². The minimum absolute atomic E-state index is 0.0371. The minimum atomic E-state index is -0.645. The molecule has 0 aliphatic rings. The third-order valence-corrected chi connectivity index (χ3v) is 4.48. The number of anilines is 3. The van der Waals surface area contributed by atoms with Crippen LogP contribution in [0.1, 0.15) is 5.56 Å². The summed E-state index contributed by atoms with van der Waals surface area (Å²) in [6.45, 7) is 0.432. The molecule has 31 heavy (non-hydrogen) atoms. The van der Waals surface area contributed by atoms with E-state index in [-0.39, 0.29) is 24.9 Å². The average molecular weight is 426 g/mol. The van der Waals surface area contributed by atoms with Crippen molar-refractivity contribution in [2.45, 2.75) is 13.1 Å². The molecule has 0 unspecified atom stereocenters. The molecule has 0 radical (unpaired) electrons. The number of nitrogens with zero attached hydrogens (tertiary/aromatic N) is 6. The van der Waals surface area contributed by atoms with E-state index in [4.69, 9.17) is 5.11 Å². The van der Waals surface area contributed by atoms with Gasteiger partial charge in [-0.15, -0.1) is 0 Å². The third-order valence-electron chi connectivity index (χ3n) is 4.48. The molecule has 4 aromatic rings. The monoisotopic (exact) mass is 426 g/mol. The molecular weight excluding hydrogens is 406 g/mol. The molecule has 0 fully saturated rings. The van der Waals surface area contributed by atoms with Gasteiger partial charge in [-0.3, -0.25) is 10.00 Å². The summed E-state index contributed by atoms with van der Waals surface area (Å²) in [6.07, 6.45) is 7.71. The van der Waals surface area contributed by atoms with Crippen LogP contribution in [-0.2, 0) is 20.1 Å². The molecule has 0 aliphatic carbocycles. The molecule has 3 aromatic heterocycles. The van der Waals surface area contributed by atoms with Crippen molar-refractivity contribution in [3.63, 3.8) is 0 Å². The van der Waals surface area contributed by atoms with Crippen LogP contribution in [0.5, 0.6) is 0 Å². The molecule has 3 N–H and O–H groups in total. The Kier molecular flexibility index (Phi) is 5.85. The minimum Gasteiger partial charge on any atom is -0.395 e. The lowest BCUT2D eigenvalue weighted by atomic mass is 10.1. The number of aryl methyl sites for hydroxylation is 1. The Morgan fingerprint density at radius 2 is 1.97 bits per heavy atom. The number of nitrogens with one attached hydrogen (secondary N) is 2. The van der Waals surface area contributed by atoms with Crippen LogP contribution in [0.4, 0.5) is 26.5 Å². The smallest absolute Gasteiger partial charge is 0.231 e. The van der Waals surface area contributed by atoms with Crippen molar-refractivity contribution in [3.8, 4) is 11.1 Å². The average Bonchev–Trinajstić information content (AvgIpc) is 3.37. The molecule has 0 saturated heterocycles. The number of aromatic nitrogens is 6. The SMILES string of the molecule is Cn1cc(-c2cc(F)cc(CNc3nc(Nc4nccn4CCO)ncc3F)c2)cn1. The Morgan fingerprint density at radius 1 is 1.10 bits per heavy atom. The first-order chi connectivity index (χ1) is 15.0. The van der Waals surface area contributed by atoms with Crippen molar-refractivity contribution in [2.75, 3.05) is 17.2 Å². The van der Waals surface area contributed by atoms with Gasteiger partial charge in [0.05, 0.1) is 19.0 Å². The number of benzene rings is 1. The molecule has 0 saturated carbocycles. The van der Waals surface area contributed by atoms with Crippen molar-refractivity contribution in [3.05, 3.63) is 66.4 Å². The predicted octanol–water partition coefficient (Wildman–Crippen LogP) is 2.70. The van der Waals surface area contributed by atoms with Gasteiger partial charge in [0.1, 0.15) is 5.82 Å². The fourth-order valence-electron chi connectivity index (χ4n) is 3.05. The van der Waals surface area contributed by atoms with Crippen molar-refractivity contribution in [1.82, 2.24) is 29.3 Å². The van der Waals surface area contributed by atoms with Crippen molar-refractivity contribution in [2.24, 2.45) is 7.05 Å². The van der Waals surface area contributed by atoms with Gasteiger partial charge in [0.25, 0.3) is 0 Å². The lowest BCUT2D eigenvalue weighted by Crippen LogP contribution is -2.10.